The molecule has 0 aliphatic carbocycles. The Labute approximate surface area is 348 Å². The van der Waals surface area contributed by atoms with Crippen LogP contribution in [-0.4, -0.2) is 79.8 Å². The van der Waals surface area contributed by atoms with Crippen molar-refractivity contribution in [2.24, 2.45) is 0 Å². The molecule has 1 N–H and O–H groups in total. The van der Waals surface area contributed by atoms with Gasteiger partial charge in [0, 0.05) is 33.5 Å². The molecule has 0 heterocycles. The predicted molar refractivity (Wildman–Crippen MR) is 241 cm³/mol. The van der Waals surface area contributed by atoms with E-state index in [1.165, 1.54) is 141 Å². The van der Waals surface area contributed by atoms with E-state index in [0.717, 1.165) is 89.1 Å². The van der Waals surface area contributed by atoms with Crippen molar-refractivity contribution in [3.05, 3.63) is 0 Å². The lowest BCUT2D eigenvalue weighted by atomic mass is 10.0. The van der Waals surface area contributed by atoms with Crippen molar-refractivity contribution < 1.29 is 19.1 Å². The van der Waals surface area contributed by atoms with Crippen LogP contribution in [0.4, 0.5) is 0 Å². The highest BCUT2D eigenvalue weighted by Crippen LogP contribution is 2.18. The molecule has 0 aromatic heterocycles. The number of ether oxygens (including phenoxy) is 2. The average Bonchev–Trinajstić information content (AvgIpc) is 3.17. The van der Waals surface area contributed by atoms with Crippen LogP contribution in [0.25, 0.3) is 0 Å². The van der Waals surface area contributed by atoms with Gasteiger partial charge in [-0.1, -0.05) is 156 Å². The Hall–Kier alpha value is -1.41. The quantitative estimate of drug-likeness (QED) is 0.0372. The minimum absolute atomic E-state index is 0.0152. The minimum Gasteiger partial charge on any atom is -0.466 e. The molecular formula is C47H93N3O4S. The van der Waals surface area contributed by atoms with Gasteiger partial charge in [-0.15, -0.1) is 0 Å². The first kappa shape index (κ1) is 53.6. The van der Waals surface area contributed by atoms with E-state index in [9.17, 15) is 9.59 Å². The maximum Gasteiger partial charge on any atom is 0.306 e. The van der Waals surface area contributed by atoms with Crippen molar-refractivity contribution in [1.29, 1.82) is 0 Å². The molecule has 0 saturated heterocycles. The van der Waals surface area contributed by atoms with Gasteiger partial charge in [0.05, 0.1) is 6.61 Å². The lowest BCUT2D eigenvalue weighted by Gasteiger charge is -2.23. The Balaban J connectivity index is 4.32. The molecule has 0 fully saturated rings. The Morgan fingerprint density at radius 3 is 1.40 bits per heavy atom. The molecule has 0 radical (unpaired) electrons. The second-order valence-corrected chi connectivity index (χ2v) is 17.0. The molecule has 0 saturated carbocycles. The number of nitrogens with one attached hydrogen (secondary N) is 1. The van der Waals surface area contributed by atoms with Gasteiger partial charge in [0.2, 0.25) is 0 Å². The van der Waals surface area contributed by atoms with Crippen molar-refractivity contribution in [3.63, 3.8) is 0 Å². The summed E-state index contributed by atoms with van der Waals surface area (Å²) in [6, 6.07) is 0. The number of hydrogen-bond acceptors (Lipinski definition) is 6. The van der Waals surface area contributed by atoms with Gasteiger partial charge in [-0.05, 0) is 96.1 Å². The first-order valence-electron chi connectivity index (χ1n) is 23.9. The fraction of sp³-hybridized carbons (Fsp3) is 0.936. The molecule has 7 nitrogen and oxygen atoms in total. The van der Waals surface area contributed by atoms with E-state index in [1.54, 1.807) is 0 Å². The standard InChI is InChI=1S/C47H93N3O4S/c1-6-9-12-15-17-22-29-37-45(51)53-43-33-26-19-25-32-41-50(42-34-39-48-47(55)49(4)5)40-31-24-18-23-30-38-46(52)54-44(35-27-20-14-11-8-3)36-28-21-16-13-10-7-2/h44H,6-43H2,1-5H3,(H,48,55). The number of esters is 2. The van der Waals surface area contributed by atoms with Crippen molar-refractivity contribution >= 4 is 29.3 Å². The van der Waals surface area contributed by atoms with Gasteiger partial charge in [-0.25, -0.2) is 0 Å². The molecule has 0 rings (SSSR count). The molecular weight excluding hydrogens is 703 g/mol. The monoisotopic (exact) mass is 796 g/mol. The van der Waals surface area contributed by atoms with E-state index in [1.807, 2.05) is 19.0 Å². The van der Waals surface area contributed by atoms with E-state index < -0.39 is 0 Å². The number of carbonyl (C=O) groups excluding carboxylic acids is 2. The molecule has 0 aromatic rings. The van der Waals surface area contributed by atoms with Gasteiger partial charge in [-0.3, -0.25) is 9.59 Å². The summed E-state index contributed by atoms with van der Waals surface area (Å²) in [4.78, 5) is 29.4. The number of carbonyl (C=O) groups is 2. The van der Waals surface area contributed by atoms with Crippen molar-refractivity contribution in [1.82, 2.24) is 15.1 Å². The molecule has 0 aliphatic rings. The lowest BCUT2D eigenvalue weighted by Crippen LogP contribution is -2.36. The molecule has 55 heavy (non-hydrogen) atoms. The zero-order valence-electron chi connectivity index (χ0n) is 37.4. The van der Waals surface area contributed by atoms with Crippen LogP contribution < -0.4 is 5.32 Å². The SMILES string of the molecule is CCCCCCCCCC(=O)OCCCCCCCN(CCCCCCCC(=O)OC(CCCCCCC)CCCCCCCC)CCCNC(=S)N(C)C. The van der Waals surface area contributed by atoms with E-state index >= 15 is 0 Å². The maximum absolute atomic E-state index is 12.8. The third kappa shape index (κ3) is 39.2. The molecule has 1 atom stereocenters. The van der Waals surface area contributed by atoms with E-state index in [0.29, 0.717) is 19.4 Å². The zero-order chi connectivity index (χ0) is 40.5. The highest BCUT2D eigenvalue weighted by Gasteiger charge is 2.14. The first-order valence-corrected chi connectivity index (χ1v) is 24.3. The molecule has 0 aliphatic heterocycles. The van der Waals surface area contributed by atoms with Crippen molar-refractivity contribution in [3.8, 4) is 0 Å². The molecule has 8 heteroatoms. The summed E-state index contributed by atoms with van der Waals surface area (Å²) in [7, 11) is 3.96. The number of unbranched alkanes of at least 4 members (excludes halogenated alkanes) is 23. The van der Waals surface area contributed by atoms with Crippen LogP contribution in [-0.2, 0) is 19.1 Å². The normalized spacial score (nSPS) is 11.9. The van der Waals surface area contributed by atoms with Gasteiger partial charge in [-0.2, -0.15) is 0 Å². The first-order chi connectivity index (χ1) is 26.8. The van der Waals surface area contributed by atoms with Crippen LogP contribution in [0.3, 0.4) is 0 Å². The molecule has 326 valence electrons. The number of nitrogens with zero attached hydrogens (tertiary/aromatic N) is 2. The van der Waals surface area contributed by atoms with Crippen LogP contribution in [0.1, 0.15) is 233 Å². The molecule has 0 bridgehead atoms. The van der Waals surface area contributed by atoms with Gasteiger partial charge in [0.25, 0.3) is 0 Å². The van der Waals surface area contributed by atoms with Crippen LogP contribution in [0, 0.1) is 0 Å². The predicted octanol–water partition coefficient (Wildman–Crippen LogP) is 13.1. The smallest absolute Gasteiger partial charge is 0.306 e. The molecule has 0 spiro atoms. The largest absolute Gasteiger partial charge is 0.466 e. The van der Waals surface area contributed by atoms with E-state index in [2.05, 4.69) is 31.0 Å². The Bertz CT molecular complexity index is 858. The average molecular weight is 796 g/mol. The van der Waals surface area contributed by atoms with Crippen LogP contribution in [0.2, 0.25) is 0 Å². The maximum atomic E-state index is 12.8. The Kier molecular flexibility index (Phi) is 41.1. The van der Waals surface area contributed by atoms with Gasteiger partial charge in [0.15, 0.2) is 5.11 Å². The summed E-state index contributed by atoms with van der Waals surface area (Å²) in [5.74, 6) is 0.0106. The van der Waals surface area contributed by atoms with Gasteiger partial charge < -0.3 is 24.6 Å². The summed E-state index contributed by atoms with van der Waals surface area (Å²) in [5.41, 5.74) is 0. The second kappa shape index (κ2) is 42.2. The topological polar surface area (TPSA) is 71.1 Å². The fourth-order valence-corrected chi connectivity index (χ4v) is 7.32. The minimum atomic E-state index is -0.0152. The number of hydrogen-bond donors (Lipinski definition) is 1. The highest BCUT2D eigenvalue weighted by molar-refractivity contribution is 7.80. The van der Waals surface area contributed by atoms with E-state index in [4.69, 9.17) is 21.7 Å². The molecule has 0 amide bonds. The fourth-order valence-electron chi connectivity index (χ4n) is 7.21. The van der Waals surface area contributed by atoms with Gasteiger partial charge in [0.1, 0.15) is 6.10 Å². The third-order valence-electron chi connectivity index (χ3n) is 10.9. The summed E-state index contributed by atoms with van der Waals surface area (Å²) in [6.45, 7) is 11.6. The van der Waals surface area contributed by atoms with Crippen LogP contribution in [0.5, 0.6) is 0 Å². The van der Waals surface area contributed by atoms with E-state index in [-0.39, 0.29) is 18.0 Å². The number of thiocarbonyl (C=S) groups is 1. The highest BCUT2D eigenvalue weighted by atomic mass is 32.1. The second-order valence-electron chi connectivity index (χ2n) is 16.6. The Morgan fingerprint density at radius 2 is 0.909 bits per heavy atom. The molecule has 1 unspecified atom stereocenters. The third-order valence-corrected chi connectivity index (χ3v) is 11.4. The summed E-state index contributed by atoms with van der Waals surface area (Å²) in [6.07, 6.45) is 38.4. The van der Waals surface area contributed by atoms with Crippen molar-refractivity contribution in [2.75, 3.05) is 46.9 Å². The summed E-state index contributed by atoms with van der Waals surface area (Å²) in [5, 5.41) is 4.17. The lowest BCUT2D eigenvalue weighted by molar-refractivity contribution is -0.150. The van der Waals surface area contributed by atoms with Gasteiger partial charge >= 0.3 is 11.9 Å². The summed E-state index contributed by atoms with van der Waals surface area (Å²) >= 11 is 5.40. The summed E-state index contributed by atoms with van der Waals surface area (Å²) < 4.78 is 11.5. The van der Waals surface area contributed by atoms with Crippen molar-refractivity contribution in [2.45, 2.75) is 239 Å². The van der Waals surface area contributed by atoms with Crippen LogP contribution >= 0.6 is 12.2 Å². The Morgan fingerprint density at radius 1 is 0.509 bits per heavy atom. The zero-order valence-corrected chi connectivity index (χ0v) is 38.2. The number of rotatable bonds is 42. The van der Waals surface area contributed by atoms with Crippen LogP contribution in [0.15, 0.2) is 0 Å². The molecule has 0 aromatic carbocycles.